The quantitative estimate of drug-likeness (QED) is 0.575. The number of thiazole rings is 1. The molecule has 134 valence electrons. The number of rotatable bonds is 4. The summed E-state index contributed by atoms with van der Waals surface area (Å²) in [4.78, 5) is 21.9. The zero-order chi connectivity index (χ0) is 18.8. The minimum atomic E-state index is -0.923. The fourth-order valence-electron chi connectivity index (χ4n) is 2.37. The van der Waals surface area contributed by atoms with Gasteiger partial charge in [0.25, 0.3) is 5.91 Å². The van der Waals surface area contributed by atoms with Crippen LogP contribution < -0.4 is 5.32 Å². The number of halogens is 3. The Morgan fingerprint density at radius 2 is 2.00 bits per heavy atom. The van der Waals surface area contributed by atoms with E-state index < -0.39 is 17.5 Å². The molecule has 2 aromatic heterocycles. The molecule has 0 saturated heterocycles. The molecule has 0 radical (unpaired) electrons. The summed E-state index contributed by atoms with van der Waals surface area (Å²) in [5, 5.41) is 2.50. The average molecular weight is 438 g/mol. The van der Waals surface area contributed by atoms with Gasteiger partial charge in [-0.25, -0.2) is 18.7 Å². The van der Waals surface area contributed by atoms with Crippen molar-refractivity contribution < 1.29 is 13.6 Å². The Balaban J connectivity index is 1.81. The van der Waals surface area contributed by atoms with Gasteiger partial charge in [-0.15, -0.1) is 11.3 Å². The second-order valence-corrected chi connectivity index (χ2v) is 8.15. The molecule has 8 heteroatoms. The van der Waals surface area contributed by atoms with Crippen LogP contribution in [0.4, 0.5) is 14.6 Å². The van der Waals surface area contributed by atoms with Crippen molar-refractivity contribution >= 4 is 39.0 Å². The molecule has 4 nitrogen and oxygen atoms in total. The van der Waals surface area contributed by atoms with E-state index in [2.05, 4.69) is 45.1 Å². The fraction of sp³-hybridized carbons (Fsp3) is 0.167. The van der Waals surface area contributed by atoms with E-state index in [0.717, 1.165) is 32.2 Å². The third-order valence-corrected chi connectivity index (χ3v) is 5.41. The van der Waals surface area contributed by atoms with E-state index in [1.165, 1.54) is 0 Å². The fourth-order valence-corrected chi connectivity index (χ4v) is 3.88. The van der Waals surface area contributed by atoms with Gasteiger partial charge < -0.3 is 5.32 Å². The first-order chi connectivity index (χ1) is 12.3. The lowest BCUT2D eigenvalue weighted by Crippen LogP contribution is -2.14. The van der Waals surface area contributed by atoms with E-state index in [9.17, 15) is 13.6 Å². The Labute approximate surface area is 161 Å². The Morgan fingerprint density at radius 3 is 2.62 bits per heavy atom. The van der Waals surface area contributed by atoms with Gasteiger partial charge in [0.05, 0.1) is 11.3 Å². The summed E-state index contributed by atoms with van der Waals surface area (Å²) in [7, 11) is 0. The molecule has 0 aliphatic heterocycles. The van der Waals surface area contributed by atoms with Crippen molar-refractivity contribution in [1.82, 2.24) is 9.97 Å². The normalized spacial score (nSPS) is 11.0. The molecule has 2 heterocycles. The maximum Gasteiger partial charge on any atom is 0.259 e. The predicted octanol–water partition coefficient (Wildman–Crippen LogP) is 5.62. The number of nitrogens with one attached hydrogen (secondary N) is 1. The van der Waals surface area contributed by atoms with Gasteiger partial charge >= 0.3 is 0 Å². The van der Waals surface area contributed by atoms with E-state index in [0.29, 0.717) is 12.0 Å². The van der Waals surface area contributed by atoms with Crippen molar-refractivity contribution in [3.8, 4) is 11.3 Å². The summed E-state index contributed by atoms with van der Waals surface area (Å²) in [5.41, 5.74) is 1.41. The van der Waals surface area contributed by atoms with Gasteiger partial charge in [0.15, 0.2) is 3.92 Å². The molecule has 1 aromatic carbocycles. The number of anilines is 1. The molecule has 3 aromatic rings. The lowest BCUT2D eigenvalue weighted by molar-refractivity contribution is 0.102. The van der Waals surface area contributed by atoms with E-state index >= 15 is 0 Å². The molecular weight excluding hydrogens is 424 g/mol. The number of hydrogen-bond acceptors (Lipinski definition) is 4. The highest BCUT2D eigenvalue weighted by atomic mass is 79.9. The first-order valence-electron chi connectivity index (χ1n) is 7.74. The number of hydrogen-bond donors (Lipinski definition) is 1. The largest absolute Gasteiger partial charge is 0.306 e. The molecular formula is C18H14BrF2N3OS. The zero-order valence-electron chi connectivity index (χ0n) is 13.9. The number of nitrogens with zero attached hydrogens (tertiary/aromatic N) is 2. The van der Waals surface area contributed by atoms with Gasteiger partial charge in [-0.05, 0) is 46.1 Å². The van der Waals surface area contributed by atoms with E-state index in [-0.39, 0.29) is 11.4 Å². The van der Waals surface area contributed by atoms with Gasteiger partial charge in [0.2, 0.25) is 0 Å². The second-order valence-electron chi connectivity index (χ2n) is 5.84. The van der Waals surface area contributed by atoms with Crippen LogP contribution in [0.15, 0.2) is 40.4 Å². The van der Waals surface area contributed by atoms with Gasteiger partial charge in [0.1, 0.15) is 17.5 Å². The van der Waals surface area contributed by atoms with Crippen LogP contribution >= 0.6 is 27.3 Å². The minimum absolute atomic E-state index is 0.247. The topological polar surface area (TPSA) is 54.9 Å². The lowest BCUT2D eigenvalue weighted by atomic mass is 10.1. The maximum absolute atomic E-state index is 13.7. The summed E-state index contributed by atoms with van der Waals surface area (Å²) < 4.78 is 27.4. The van der Waals surface area contributed by atoms with Crippen molar-refractivity contribution in [2.24, 2.45) is 0 Å². The van der Waals surface area contributed by atoms with Gasteiger partial charge in [-0.1, -0.05) is 13.8 Å². The molecule has 0 fully saturated rings. The van der Waals surface area contributed by atoms with E-state index in [4.69, 9.17) is 0 Å². The van der Waals surface area contributed by atoms with Crippen molar-refractivity contribution in [1.29, 1.82) is 0 Å². The van der Waals surface area contributed by atoms with Crippen LogP contribution in [0.5, 0.6) is 0 Å². The SMILES string of the molecule is CC(C)c1sc(Br)nc1-c1ccc(NC(=O)c2ccc(F)cc2F)nc1. The minimum Gasteiger partial charge on any atom is -0.306 e. The van der Waals surface area contributed by atoms with Crippen LogP contribution in [0.3, 0.4) is 0 Å². The Hall–Kier alpha value is -2.19. The zero-order valence-corrected chi connectivity index (χ0v) is 16.3. The molecule has 0 spiro atoms. The van der Waals surface area contributed by atoms with Gasteiger partial charge in [-0.3, -0.25) is 4.79 Å². The van der Waals surface area contributed by atoms with Crippen LogP contribution in [0.25, 0.3) is 11.3 Å². The summed E-state index contributed by atoms with van der Waals surface area (Å²) >= 11 is 4.97. The molecule has 0 saturated carbocycles. The van der Waals surface area contributed by atoms with Crippen LogP contribution in [0.1, 0.15) is 35.0 Å². The summed E-state index contributed by atoms with van der Waals surface area (Å²) in [6, 6.07) is 6.19. The number of carbonyl (C=O) groups excluding carboxylic acids is 1. The van der Waals surface area contributed by atoms with Crippen LogP contribution in [-0.2, 0) is 0 Å². The van der Waals surface area contributed by atoms with Crippen molar-refractivity contribution in [3.63, 3.8) is 0 Å². The van der Waals surface area contributed by atoms with Crippen LogP contribution in [0.2, 0.25) is 0 Å². The highest BCUT2D eigenvalue weighted by Crippen LogP contribution is 2.35. The predicted molar refractivity (Wildman–Crippen MR) is 101 cm³/mol. The third kappa shape index (κ3) is 3.96. The first kappa shape index (κ1) is 18.6. The first-order valence-corrected chi connectivity index (χ1v) is 9.35. The molecule has 0 atom stereocenters. The monoisotopic (exact) mass is 437 g/mol. The van der Waals surface area contributed by atoms with Crippen molar-refractivity contribution in [2.45, 2.75) is 19.8 Å². The van der Waals surface area contributed by atoms with Crippen LogP contribution in [-0.4, -0.2) is 15.9 Å². The molecule has 3 rings (SSSR count). The van der Waals surface area contributed by atoms with E-state index in [1.807, 2.05) is 0 Å². The summed E-state index contributed by atoms with van der Waals surface area (Å²) in [6.07, 6.45) is 1.60. The maximum atomic E-state index is 13.7. The highest BCUT2D eigenvalue weighted by molar-refractivity contribution is 9.11. The third-order valence-electron chi connectivity index (χ3n) is 3.61. The smallest absolute Gasteiger partial charge is 0.259 e. The van der Waals surface area contributed by atoms with E-state index in [1.54, 1.807) is 29.7 Å². The molecule has 1 N–H and O–H groups in total. The molecule has 0 aliphatic rings. The molecule has 0 unspecified atom stereocenters. The summed E-state index contributed by atoms with van der Waals surface area (Å²) in [6.45, 7) is 4.17. The Kier molecular flexibility index (Phi) is 5.43. The van der Waals surface area contributed by atoms with Crippen LogP contribution in [0, 0.1) is 11.6 Å². The second kappa shape index (κ2) is 7.59. The van der Waals surface area contributed by atoms with Crippen molar-refractivity contribution in [3.05, 3.63) is 62.5 Å². The molecule has 0 bridgehead atoms. The highest BCUT2D eigenvalue weighted by Gasteiger charge is 2.16. The average Bonchev–Trinajstić information content (AvgIpc) is 2.97. The number of carbonyl (C=O) groups is 1. The van der Waals surface area contributed by atoms with Crippen molar-refractivity contribution in [2.75, 3.05) is 5.32 Å². The molecule has 0 aliphatic carbocycles. The molecule has 1 amide bonds. The number of pyridine rings is 1. The van der Waals surface area contributed by atoms with Gasteiger partial charge in [-0.2, -0.15) is 0 Å². The summed E-state index contributed by atoms with van der Waals surface area (Å²) in [5.74, 6) is -1.77. The van der Waals surface area contributed by atoms with Gasteiger partial charge in [0, 0.05) is 22.7 Å². The number of amides is 1. The standard InChI is InChI=1S/C18H14BrF2N3OS/c1-9(2)16-15(24-18(19)26-16)10-3-6-14(22-8-10)23-17(25)12-5-4-11(20)7-13(12)21/h3-9H,1-2H3,(H,22,23,25). The number of aromatic nitrogens is 2. The Bertz CT molecular complexity index is 958. The molecule has 26 heavy (non-hydrogen) atoms. The lowest BCUT2D eigenvalue weighted by Gasteiger charge is -2.08. The Morgan fingerprint density at radius 1 is 1.23 bits per heavy atom. The number of benzene rings is 1.